The van der Waals surface area contributed by atoms with Gasteiger partial charge < -0.3 is 15.4 Å². The molecule has 2 aromatic rings. The minimum absolute atomic E-state index is 0.235. The summed E-state index contributed by atoms with van der Waals surface area (Å²) in [6.45, 7) is 5.52. The highest BCUT2D eigenvalue weighted by Gasteiger charge is 2.15. The summed E-state index contributed by atoms with van der Waals surface area (Å²) in [6.07, 6.45) is 2.41. The summed E-state index contributed by atoms with van der Waals surface area (Å²) >= 11 is 0. The van der Waals surface area contributed by atoms with Crippen LogP contribution in [0.5, 0.6) is 0 Å². The van der Waals surface area contributed by atoms with Crippen molar-refractivity contribution in [2.75, 3.05) is 23.8 Å². The van der Waals surface area contributed by atoms with Gasteiger partial charge in [-0.05, 0) is 50.5 Å². The monoisotopic (exact) mass is 326 g/mol. The maximum absolute atomic E-state index is 12.3. The molecular formula is C18H22N4O2. The highest BCUT2D eigenvalue weighted by Crippen LogP contribution is 2.17. The number of benzene rings is 1. The van der Waals surface area contributed by atoms with Gasteiger partial charge in [-0.3, -0.25) is 4.79 Å². The first kappa shape index (κ1) is 16.4. The van der Waals surface area contributed by atoms with Gasteiger partial charge in [-0.1, -0.05) is 17.7 Å². The number of nitrogens with zero attached hydrogens (tertiary/aromatic N) is 2. The van der Waals surface area contributed by atoms with Crippen molar-refractivity contribution >= 4 is 17.4 Å². The fraction of sp³-hybridized carbons (Fsp3) is 0.389. The van der Waals surface area contributed by atoms with Gasteiger partial charge in [-0.25, -0.2) is 0 Å². The predicted molar refractivity (Wildman–Crippen MR) is 93.4 cm³/mol. The molecule has 0 saturated carbocycles. The van der Waals surface area contributed by atoms with Crippen LogP contribution in [0.4, 0.5) is 11.5 Å². The van der Waals surface area contributed by atoms with Gasteiger partial charge in [0.2, 0.25) is 0 Å². The van der Waals surface area contributed by atoms with E-state index in [0.29, 0.717) is 12.4 Å². The van der Waals surface area contributed by atoms with Crippen LogP contribution in [0.1, 0.15) is 34.5 Å². The Morgan fingerprint density at radius 2 is 2.12 bits per heavy atom. The summed E-state index contributed by atoms with van der Waals surface area (Å²) in [5.74, 6) is 0.383. The number of hydrogen-bond acceptors (Lipinski definition) is 5. The molecule has 24 heavy (non-hydrogen) atoms. The van der Waals surface area contributed by atoms with Crippen molar-refractivity contribution in [2.24, 2.45) is 0 Å². The van der Waals surface area contributed by atoms with E-state index in [-0.39, 0.29) is 17.7 Å². The van der Waals surface area contributed by atoms with E-state index in [1.54, 1.807) is 12.1 Å². The van der Waals surface area contributed by atoms with E-state index in [1.807, 2.05) is 32.0 Å². The lowest BCUT2D eigenvalue weighted by molar-refractivity contribution is 0.102. The number of ether oxygens (including phenoxy) is 1. The molecule has 0 aliphatic carbocycles. The Balaban J connectivity index is 1.58. The second-order valence-electron chi connectivity index (χ2n) is 6.09. The Morgan fingerprint density at radius 3 is 2.79 bits per heavy atom. The number of aromatic nitrogens is 2. The molecule has 2 N–H and O–H groups in total. The molecule has 3 rings (SSSR count). The molecule has 1 amide bonds. The van der Waals surface area contributed by atoms with E-state index in [9.17, 15) is 4.79 Å². The Labute approximate surface area is 141 Å². The van der Waals surface area contributed by atoms with Crippen LogP contribution in [0.3, 0.4) is 0 Å². The molecule has 6 nitrogen and oxygen atoms in total. The first-order chi connectivity index (χ1) is 11.6. The summed E-state index contributed by atoms with van der Waals surface area (Å²) in [6, 6.07) is 9.32. The van der Waals surface area contributed by atoms with Gasteiger partial charge in [0.15, 0.2) is 5.69 Å². The van der Waals surface area contributed by atoms with Crippen molar-refractivity contribution in [3.63, 3.8) is 0 Å². The van der Waals surface area contributed by atoms with Gasteiger partial charge in [0.05, 0.1) is 6.10 Å². The minimum Gasteiger partial charge on any atom is -0.376 e. The molecule has 0 bridgehead atoms. The van der Waals surface area contributed by atoms with Gasteiger partial charge in [-0.15, -0.1) is 10.2 Å². The molecular weight excluding hydrogens is 304 g/mol. The maximum atomic E-state index is 12.3. The van der Waals surface area contributed by atoms with Crippen LogP contribution in [-0.2, 0) is 4.74 Å². The molecule has 1 fully saturated rings. The summed E-state index contributed by atoms with van der Waals surface area (Å²) in [5.41, 5.74) is 3.25. The number of carbonyl (C=O) groups excluding carboxylic acids is 1. The van der Waals surface area contributed by atoms with Crippen LogP contribution in [-0.4, -0.2) is 35.4 Å². The molecule has 0 radical (unpaired) electrons. The third-order valence-electron chi connectivity index (χ3n) is 4.06. The third kappa shape index (κ3) is 4.08. The topological polar surface area (TPSA) is 76.1 Å². The Bertz CT molecular complexity index is 709. The van der Waals surface area contributed by atoms with Crippen molar-refractivity contribution < 1.29 is 9.53 Å². The van der Waals surface area contributed by atoms with Crippen LogP contribution in [0.2, 0.25) is 0 Å². The fourth-order valence-electron chi connectivity index (χ4n) is 2.71. The first-order valence-electron chi connectivity index (χ1n) is 8.19. The molecule has 1 saturated heterocycles. The molecule has 1 atom stereocenters. The van der Waals surface area contributed by atoms with E-state index in [4.69, 9.17) is 4.74 Å². The molecule has 2 heterocycles. The zero-order valence-electron chi connectivity index (χ0n) is 14.0. The molecule has 0 spiro atoms. The number of anilines is 2. The minimum atomic E-state index is -0.264. The third-order valence-corrected chi connectivity index (χ3v) is 4.06. The largest absolute Gasteiger partial charge is 0.376 e. The van der Waals surface area contributed by atoms with Crippen molar-refractivity contribution in [2.45, 2.75) is 32.8 Å². The molecule has 1 aliphatic rings. The highest BCUT2D eigenvalue weighted by molar-refractivity contribution is 6.03. The molecule has 6 heteroatoms. The average Bonchev–Trinajstić information content (AvgIpc) is 3.09. The normalized spacial score (nSPS) is 16.8. The lowest BCUT2D eigenvalue weighted by atomic mass is 10.1. The van der Waals surface area contributed by atoms with Gasteiger partial charge in [0, 0.05) is 18.8 Å². The highest BCUT2D eigenvalue weighted by atomic mass is 16.5. The van der Waals surface area contributed by atoms with Gasteiger partial charge in [-0.2, -0.15) is 0 Å². The van der Waals surface area contributed by atoms with E-state index in [2.05, 4.69) is 20.8 Å². The van der Waals surface area contributed by atoms with E-state index >= 15 is 0 Å². The van der Waals surface area contributed by atoms with E-state index in [1.165, 1.54) is 0 Å². The lowest BCUT2D eigenvalue weighted by Gasteiger charge is -2.11. The van der Waals surface area contributed by atoms with Crippen molar-refractivity contribution in [3.05, 3.63) is 47.2 Å². The van der Waals surface area contributed by atoms with Crippen LogP contribution in [0, 0.1) is 13.8 Å². The van der Waals surface area contributed by atoms with Crippen LogP contribution < -0.4 is 10.6 Å². The Hall–Kier alpha value is -2.47. The predicted octanol–water partition coefficient (Wildman–Crippen LogP) is 2.94. The first-order valence-corrected chi connectivity index (χ1v) is 8.19. The lowest BCUT2D eigenvalue weighted by Crippen LogP contribution is -2.20. The van der Waals surface area contributed by atoms with Gasteiger partial charge >= 0.3 is 0 Å². The molecule has 1 unspecified atom stereocenters. The quantitative estimate of drug-likeness (QED) is 0.883. The van der Waals surface area contributed by atoms with Crippen LogP contribution in [0.15, 0.2) is 30.3 Å². The average molecular weight is 326 g/mol. The summed E-state index contributed by atoms with van der Waals surface area (Å²) in [7, 11) is 0. The van der Waals surface area contributed by atoms with Crippen molar-refractivity contribution in [1.29, 1.82) is 0 Å². The summed E-state index contributed by atoms with van der Waals surface area (Å²) in [4.78, 5) is 12.3. The number of rotatable bonds is 5. The maximum Gasteiger partial charge on any atom is 0.276 e. The Kier molecular flexibility index (Phi) is 5.05. The van der Waals surface area contributed by atoms with Gasteiger partial charge in [0.25, 0.3) is 5.91 Å². The number of nitrogens with one attached hydrogen (secondary N) is 2. The number of hydrogen-bond donors (Lipinski definition) is 2. The van der Waals surface area contributed by atoms with Crippen molar-refractivity contribution in [3.8, 4) is 0 Å². The summed E-state index contributed by atoms with van der Waals surface area (Å²) in [5, 5.41) is 14.1. The second kappa shape index (κ2) is 7.40. The standard InChI is InChI=1S/C18H22N4O2/c1-12-5-6-15(13(2)10-12)20-18(23)16-7-8-17(22-21-16)19-11-14-4-3-9-24-14/h5-8,10,14H,3-4,9,11H2,1-2H3,(H,19,22)(H,20,23). The molecule has 1 aliphatic heterocycles. The zero-order valence-corrected chi connectivity index (χ0v) is 14.0. The molecule has 1 aromatic carbocycles. The Morgan fingerprint density at radius 1 is 1.25 bits per heavy atom. The summed E-state index contributed by atoms with van der Waals surface area (Å²) < 4.78 is 5.55. The SMILES string of the molecule is Cc1ccc(NC(=O)c2ccc(NCC3CCCO3)nn2)c(C)c1. The zero-order chi connectivity index (χ0) is 16.9. The van der Waals surface area contributed by atoms with Crippen LogP contribution in [0.25, 0.3) is 0 Å². The number of amides is 1. The fourth-order valence-corrected chi connectivity index (χ4v) is 2.71. The second-order valence-corrected chi connectivity index (χ2v) is 6.09. The van der Waals surface area contributed by atoms with Crippen molar-refractivity contribution in [1.82, 2.24) is 10.2 Å². The molecule has 1 aromatic heterocycles. The van der Waals surface area contributed by atoms with Crippen LogP contribution >= 0.6 is 0 Å². The van der Waals surface area contributed by atoms with E-state index in [0.717, 1.165) is 36.3 Å². The number of aryl methyl sites for hydroxylation is 2. The van der Waals surface area contributed by atoms with E-state index < -0.39 is 0 Å². The molecule has 126 valence electrons. The number of carbonyl (C=O) groups is 1. The smallest absolute Gasteiger partial charge is 0.276 e. The van der Waals surface area contributed by atoms with Gasteiger partial charge in [0.1, 0.15) is 5.82 Å².